The van der Waals surface area contributed by atoms with Gasteiger partial charge in [0.2, 0.25) is 0 Å². The van der Waals surface area contributed by atoms with Crippen LogP contribution < -0.4 is 10.4 Å². The molecule has 2 heterocycles. The van der Waals surface area contributed by atoms with Gasteiger partial charge in [-0.2, -0.15) is 0 Å². The van der Waals surface area contributed by atoms with E-state index in [1.807, 2.05) is 36.4 Å². The summed E-state index contributed by atoms with van der Waals surface area (Å²) < 4.78 is 12.5. The van der Waals surface area contributed by atoms with Crippen LogP contribution in [0.5, 0.6) is 5.75 Å². The van der Waals surface area contributed by atoms with Crippen molar-refractivity contribution in [3.05, 3.63) is 88.3 Å². The summed E-state index contributed by atoms with van der Waals surface area (Å²) in [7, 11) is 1.66. The lowest BCUT2D eigenvalue weighted by molar-refractivity contribution is 0.414. The highest BCUT2D eigenvalue weighted by Crippen LogP contribution is 2.35. The minimum absolute atomic E-state index is 0.337. The highest BCUT2D eigenvalue weighted by atomic mass is 32.2. The van der Waals surface area contributed by atoms with Gasteiger partial charge in [0.15, 0.2) is 8.68 Å². The molecular formula is C24H18N2O3S3. The van der Waals surface area contributed by atoms with Gasteiger partial charge in [-0.3, -0.25) is 0 Å². The van der Waals surface area contributed by atoms with E-state index in [4.69, 9.17) is 9.15 Å². The van der Waals surface area contributed by atoms with Crippen molar-refractivity contribution < 1.29 is 9.15 Å². The number of fused-ring (bicyclic) bond motifs is 3. The monoisotopic (exact) mass is 478 g/mol. The van der Waals surface area contributed by atoms with E-state index in [2.05, 4.69) is 34.5 Å². The number of hydrogen-bond acceptors (Lipinski definition) is 8. The SMILES string of the molecule is COc1ccc(CSc2nnc(SCc3cc(=O)oc4ccc5ccccc5c34)s2)cc1. The smallest absolute Gasteiger partial charge is 0.336 e. The Morgan fingerprint density at radius 1 is 0.938 bits per heavy atom. The molecule has 2 aromatic heterocycles. The molecule has 0 aliphatic heterocycles. The van der Waals surface area contributed by atoms with Crippen LogP contribution in [0.2, 0.25) is 0 Å². The Balaban J connectivity index is 1.32. The van der Waals surface area contributed by atoms with E-state index in [1.165, 1.54) is 5.56 Å². The molecule has 0 aliphatic carbocycles. The van der Waals surface area contributed by atoms with Gasteiger partial charge in [0, 0.05) is 23.0 Å². The van der Waals surface area contributed by atoms with Crippen LogP contribution in [0.3, 0.4) is 0 Å². The molecule has 0 unspecified atom stereocenters. The Kier molecular flexibility index (Phi) is 6.16. The minimum Gasteiger partial charge on any atom is -0.497 e. The Labute approximate surface area is 196 Å². The van der Waals surface area contributed by atoms with Gasteiger partial charge < -0.3 is 9.15 Å². The Morgan fingerprint density at radius 3 is 2.47 bits per heavy atom. The molecule has 0 atom stereocenters. The third-order valence-electron chi connectivity index (χ3n) is 4.97. The topological polar surface area (TPSA) is 65.2 Å². The van der Waals surface area contributed by atoms with Crippen LogP contribution in [-0.2, 0) is 11.5 Å². The lowest BCUT2D eigenvalue weighted by atomic mass is 10.0. The molecule has 0 saturated heterocycles. The average Bonchev–Trinajstić information content (AvgIpc) is 3.29. The third-order valence-corrected chi connectivity index (χ3v) is 8.28. The number of rotatable bonds is 7. The summed E-state index contributed by atoms with van der Waals surface area (Å²) in [6, 6.07) is 21.6. The molecule has 0 N–H and O–H groups in total. The van der Waals surface area contributed by atoms with Gasteiger partial charge in [-0.1, -0.05) is 77.3 Å². The number of aromatic nitrogens is 2. The molecule has 0 saturated carbocycles. The van der Waals surface area contributed by atoms with Crippen molar-refractivity contribution in [1.82, 2.24) is 10.2 Å². The van der Waals surface area contributed by atoms with Crippen LogP contribution in [0.1, 0.15) is 11.1 Å². The molecule has 0 amide bonds. The van der Waals surface area contributed by atoms with Crippen LogP contribution in [0.15, 0.2) is 84.6 Å². The summed E-state index contributed by atoms with van der Waals surface area (Å²) in [5.41, 5.74) is 2.42. The van der Waals surface area contributed by atoms with Crippen LogP contribution in [0.4, 0.5) is 0 Å². The van der Waals surface area contributed by atoms with Gasteiger partial charge in [-0.25, -0.2) is 4.79 Å². The number of hydrogen-bond donors (Lipinski definition) is 0. The quantitative estimate of drug-likeness (QED) is 0.152. The maximum atomic E-state index is 12.1. The molecule has 160 valence electrons. The van der Waals surface area contributed by atoms with Crippen molar-refractivity contribution in [1.29, 1.82) is 0 Å². The second-order valence-corrected chi connectivity index (χ2v) is 10.4. The second-order valence-electron chi connectivity index (χ2n) is 7.01. The van der Waals surface area contributed by atoms with Gasteiger partial charge in [0.1, 0.15) is 11.3 Å². The standard InChI is InChI=1S/C24H18N2O3S3/c1-28-18-9-6-15(7-10-18)13-30-23-25-26-24(32-23)31-14-17-12-21(27)29-20-11-8-16-4-2-3-5-19(16)22(17)20/h2-12H,13-14H2,1H3. The van der Waals surface area contributed by atoms with Crippen molar-refractivity contribution >= 4 is 56.6 Å². The van der Waals surface area contributed by atoms with E-state index in [0.717, 1.165) is 41.9 Å². The maximum absolute atomic E-state index is 12.1. The van der Waals surface area contributed by atoms with E-state index in [-0.39, 0.29) is 5.63 Å². The molecule has 0 fully saturated rings. The van der Waals surface area contributed by atoms with Crippen LogP contribution in [-0.4, -0.2) is 17.3 Å². The fourth-order valence-corrected chi connectivity index (χ4v) is 6.41. The zero-order valence-corrected chi connectivity index (χ0v) is 19.6. The Hall–Kier alpha value is -2.81. The minimum atomic E-state index is -0.337. The zero-order valence-electron chi connectivity index (χ0n) is 17.1. The summed E-state index contributed by atoms with van der Waals surface area (Å²) in [4.78, 5) is 12.1. The van der Waals surface area contributed by atoms with Crippen molar-refractivity contribution in [3.63, 3.8) is 0 Å². The molecule has 8 heteroatoms. The highest BCUT2D eigenvalue weighted by molar-refractivity contribution is 8.02. The summed E-state index contributed by atoms with van der Waals surface area (Å²) in [5.74, 6) is 2.29. The predicted octanol–water partition coefficient (Wildman–Crippen LogP) is 6.39. The van der Waals surface area contributed by atoms with Crippen molar-refractivity contribution in [3.8, 4) is 5.75 Å². The van der Waals surface area contributed by atoms with Crippen LogP contribution >= 0.6 is 34.9 Å². The summed E-state index contributed by atoms with van der Waals surface area (Å²) in [6.45, 7) is 0. The van der Waals surface area contributed by atoms with E-state index in [9.17, 15) is 4.79 Å². The normalized spacial score (nSPS) is 11.3. The average molecular weight is 479 g/mol. The molecule has 5 nitrogen and oxygen atoms in total. The number of ether oxygens (including phenoxy) is 1. The van der Waals surface area contributed by atoms with Crippen molar-refractivity contribution in [2.24, 2.45) is 0 Å². The largest absolute Gasteiger partial charge is 0.497 e. The molecule has 5 aromatic rings. The lowest BCUT2D eigenvalue weighted by Gasteiger charge is -2.07. The number of methoxy groups -OCH3 is 1. The van der Waals surface area contributed by atoms with E-state index >= 15 is 0 Å². The molecule has 32 heavy (non-hydrogen) atoms. The predicted molar refractivity (Wildman–Crippen MR) is 132 cm³/mol. The van der Waals surface area contributed by atoms with Gasteiger partial charge in [-0.05, 0) is 40.1 Å². The molecule has 3 aromatic carbocycles. The number of benzene rings is 3. The van der Waals surface area contributed by atoms with Gasteiger partial charge in [0.05, 0.1) is 7.11 Å². The van der Waals surface area contributed by atoms with Gasteiger partial charge >= 0.3 is 5.63 Å². The third kappa shape index (κ3) is 4.53. The Bertz CT molecular complexity index is 1440. The first-order chi connectivity index (χ1) is 15.7. The van der Waals surface area contributed by atoms with Crippen molar-refractivity contribution in [2.45, 2.75) is 20.2 Å². The van der Waals surface area contributed by atoms with Crippen molar-refractivity contribution in [2.75, 3.05) is 7.11 Å². The summed E-state index contributed by atoms with van der Waals surface area (Å²) in [5, 5.41) is 11.8. The van der Waals surface area contributed by atoms with Gasteiger partial charge in [-0.15, -0.1) is 10.2 Å². The van der Waals surface area contributed by atoms with E-state index < -0.39 is 0 Å². The highest BCUT2D eigenvalue weighted by Gasteiger charge is 2.12. The van der Waals surface area contributed by atoms with E-state index in [0.29, 0.717) is 11.3 Å². The number of nitrogens with zero attached hydrogens (tertiary/aromatic N) is 2. The fourth-order valence-electron chi connectivity index (χ4n) is 3.45. The first-order valence-electron chi connectivity index (χ1n) is 9.86. The summed E-state index contributed by atoms with van der Waals surface area (Å²) in [6.07, 6.45) is 0. The molecule has 0 radical (unpaired) electrons. The van der Waals surface area contributed by atoms with Crippen LogP contribution in [0.25, 0.3) is 21.7 Å². The maximum Gasteiger partial charge on any atom is 0.336 e. The molecule has 5 rings (SSSR count). The molecular weight excluding hydrogens is 460 g/mol. The van der Waals surface area contributed by atoms with E-state index in [1.54, 1.807) is 48.0 Å². The molecule has 0 aliphatic rings. The lowest BCUT2D eigenvalue weighted by Crippen LogP contribution is -2.00. The van der Waals surface area contributed by atoms with Gasteiger partial charge in [0.25, 0.3) is 0 Å². The number of thioether (sulfide) groups is 2. The molecule has 0 spiro atoms. The first kappa shape index (κ1) is 21.1. The fraction of sp³-hybridized carbons (Fsp3) is 0.125. The van der Waals surface area contributed by atoms with Crippen LogP contribution in [0, 0.1) is 0 Å². The molecule has 0 bridgehead atoms. The Morgan fingerprint density at radius 2 is 1.69 bits per heavy atom. The second kappa shape index (κ2) is 9.36. The zero-order chi connectivity index (χ0) is 21.9. The summed E-state index contributed by atoms with van der Waals surface area (Å²) >= 11 is 4.82. The first-order valence-corrected chi connectivity index (χ1v) is 12.6.